The predicted octanol–water partition coefficient (Wildman–Crippen LogP) is 4.35. The maximum atomic E-state index is 13.8. The van der Waals surface area contributed by atoms with E-state index in [1.165, 1.54) is 31.3 Å². The Morgan fingerprint density at radius 1 is 1.09 bits per heavy atom. The van der Waals surface area contributed by atoms with Crippen LogP contribution < -0.4 is 4.90 Å². The first kappa shape index (κ1) is 20.6. The van der Waals surface area contributed by atoms with Gasteiger partial charge in [0.1, 0.15) is 11.3 Å². The Labute approximate surface area is 193 Å². The molecule has 7 nitrogen and oxygen atoms in total. The van der Waals surface area contributed by atoms with Crippen LogP contribution in [0.15, 0.2) is 24.3 Å². The minimum Gasteiger partial charge on any atom is -0.464 e. The smallest absolute Gasteiger partial charge is 0.359 e. The van der Waals surface area contributed by atoms with Gasteiger partial charge in [0.15, 0.2) is 5.69 Å². The zero-order valence-corrected chi connectivity index (χ0v) is 19.4. The molecule has 1 aliphatic heterocycles. The molecule has 0 radical (unpaired) electrons. The minimum absolute atomic E-state index is 0.0422. The lowest BCUT2D eigenvalue weighted by Gasteiger charge is -2.61. The van der Waals surface area contributed by atoms with Crippen molar-refractivity contribution in [3.8, 4) is 0 Å². The lowest BCUT2D eigenvalue weighted by molar-refractivity contribution is -0.0978. The normalized spacial score (nSPS) is 31.9. The monoisotopic (exact) mass is 447 g/mol. The van der Waals surface area contributed by atoms with Crippen molar-refractivity contribution in [1.29, 1.82) is 0 Å². The number of ether oxygens (including phenoxy) is 1. The average Bonchev–Trinajstić information content (AvgIpc) is 3.29. The number of carbonyl (C=O) groups excluding carboxylic acids is 3. The number of hydrogen-bond acceptors (Lipinski definition) is 5. The van der Waals surface area contributed by atoms with Crippen LogP contribution in [0.25, 0.3) is 0 Å². The number of methoxy groups -OCH3 is 1. The second kappa shape index (κ2) is 6.78. The fourth-order valence-electron chi connectivity index (χ4n) is 7.74. The highest BCUT2D eigenvalue weighted by atomic mass is 16.5. The Balaban J connectivity index is 1.50. The van der Waals surface area contributed by atoms with E-state index in [2.05, 4.69) is 18.9 Å². The van der Waals surface area contributed by atoms with Crippen LogP contribution in [0.1, 0.15) is 89.3 Å². The molecule has 2 aromatic rings. The molecule has 33 heavy (non-hydrogen) atoms. The summed E-state index contributed by atoms with van der Waals surface area (Å²) in [4.78, 5) is 41.2. The number of carbonyl (C=O) groups is 3. The summed E-state index contributed by atoms with van der Waals surface area (Å²) in [7, 11) is 1.28. The molecular weight excluding hydrogens is 418 g/mol. The second-order valence-electron chi connectivity index (χ2n) is 10.9. The molecule has 4 fully saturated rings. The van der Waals surface area contributed by atoms with Crippen LogP contribution in [-0.2, 0) is 16.7 Å². The highest BCUT2D eigenvalue weighted by Gasteiger charge is 2.59. The van der Waals surface area contributed by atoms with Gasteiger partial charge >= 0.3 is 5.97 Å². The Hall–Kier alpha value is -2.96. The lowest BCUT2D eigenvalue weighted by atomic mass is 9.47. The standard InChI is InChI=1S/C26H29N3O4/c1-4-15-5-7-18(8-6-15)28-22(30)19-20(24(32)33-3)27-29(21(19)23(28)31)26-12-16-9-17(13-26)11-25(2,10-16)14-26/h5-8,16-17H,4,9-14H2,1-3H3/t16-,17-,25?,26?/m0/s1. The third kappa shape index (κ3) is 2.80. The molecule has 0 saturated heterocycles. The SMILES string of the molecule is CCc1ccc(N2C(=O)c3c(C(=O)OC)nn(C45C[C@H]6C[C@@H](CC(C)(C6)C4)C5)c3C2=O)cc1. The topological polar surface area (TPSA) is 81.5 Å². The van der Waals surface area contributed by atoms with E-state index in [9.17, 15) is 14.4 Å². The highest BCUT2D eigenvalue weighted by molar-refractivity contribution is 6.35. The summed E-state index contributed by atoms with van der Waals surface area (Å²) in [6.45, 7) is 4.40. The van der Waals surface area contributed by atoms with Gasteiger partial charge in [0, 0.05) is 0 Å². The van der Waals surface area contributed by atoms with Crippen molar-refractivity contribution in [1.82, 2.24) is 9.78 Å². The van der Waals surface area contributed by atoms with E-state index in [4.69, 9.17) is 4.74 Å². The molecule has 2 atom stereocenters. The van der Waals surface area contributed by atoms with Crippen molar-refractivity contribution in [2.75, 3.05) is 12.0 Å². The molecule has 2 amide bonds. The molecule has 1 aromatic carbocycles. The molecule has 7 heteroatoms. The quantitative estimate of drug-likeness (QED) is 0.514. The molecule has 172 valence electrons. The van der Waals surface area contributed by atoms with Crippen LogP contribution in [0.3, 0.4) is 0 Å². The number of rotatable bonds is 4. The molecule has 4 saturated carbocycles. The van der Waals surface area contributed by atoms with Crippen molar-refractivity contribution < 1.29 is 19.1 Å². The van der Waals surface area contributed by atoms with E-state index in [0.29, 0.717) is 17.5 Å². The number of benzene rings is 1. The first-order valence-electron chi connectivity index (χ1n) is 12.0. The first-order valence-corrected chi connectivity index (χ1v) is 12.0. The maximum Gasteiger partial charge on any atom is 0.359 e. The van der Waals surface area contributed by atoms with Gasteiger partial charge in [-0.15, -0.1) is 0 Å². The van der Waals surface area contributed by atoms with Gasteiger partial charge in [-0.3, -0.25) is 14.3 Å². The van der Waals surface area contributed by atoms with Gasteiger partial charge < -0.3 is 4.74 Å². The summed E-state index contributed by atoms with van der Waals surface area (Å²) in [6.07, 6.45) is 7.33. The zero-order valence-electron chi connectivity index (χ0n) is 19.4. The molecule has 4 aliphatic carbocycles. The van der Waals surface area contributed by atoms with Gasteiger partial charge in [-0.1, -0.05) is 26.0 Å². The van der Waals surface area contributed by atoms with Gasteiger partial charge in [0.25, 0.3) is 11.8 Å². The van der Waals surface area contributed by atoms with Crippen LogP contribution in [0, 0.1) is 17.3 Å². The van der Waals surface area contributed by atoms with Crippen molar-refractivity contribution in [3.63, 3.8) is 0 Å². The number of imide groups is 1. The molecule has 4 bridgehead atoms. The summed E-state index contributed by atoms with van der Waals surface area (Å²) in [5, 5.41) is 4.65. The number of aryl methyl sites for hydroxylation is 1. The van der Waals surface area contributed by atoms with E-state index >= 15 is 0 Å². The summed E-state index contributed by atoms with van der Waals surface area (Å²) < 4.78 is 6.75. The van der Waals surface area contributed by atoms with Crippen molar-refractivity contribution in [2.24, 2.45) is 17.3 Å². The Morgan fingerprint density at radius 3 is 2.33 bits per heavy atom. The molecule has 0 unspecified atom stereocenters. The Bertz CT molecular complexity index is 1180. The van der Waals surface area contributed by atoms with Crippen LogP contribution in [0.4, 0.5) is 5.69 Å². The lowest BCUT2D eigenvalue weighted by Crippen LogP contribution is -2.56. The van der Waals surface area contributed by atoms with E-state index < -0.39 is 17.8 Å². The summed E-state index contributed by atoms with van der Waals surface area (Å²) in [5.74, 6) is -0.375. The number of nitrogens with zero attached hydrogens (tertiary/aromatic N) is 3. The highest BCUT2D eigenvalue weighted by Crippen LogP contribution is 2.64. The Morgan fingerprint density at radius 2 is 1.76 bits per heavy atom. The van der Waals surface area contributed by atoms with Crippen molar-refractivity contribution in [3.05, 3.63) is 46.8 Å². The first-order chi connectivity index (χ1) is 15.8. The Kier molecular flexibility index (Phi) is 4.24. The van der Waals surface area contributed by atoms with Gasteiger partial charge in [-0.05, 0) is 79.9 Å². The minimum atomic E-state index is -0.676. The second-order valence-corrected chi connectivity index (χ2v) is 10.9. The molecule has 0 N–H and O–H groups in total. The van der Waals surface area contributed by atoms with Crippen molar-refractivity contribution >= 4 is 23.5 Å². The average molecular weight is 448 g/mol. The van der Waals surface area contributed by atoms with E-state index in [-0.39, 0.29) is 27.9 Å². The number of hydrogen-bond donors (Lipinski definition) is 0. The van der Waals surface area contributed by atoms with Crippen molar-refractivity contribution in [2.45, 2.75) is 64.3 Å². The summed E-state index contributed by atoms with van der Waals surface area (Å²) in [6, 6.07) is 7.43. The van der Waals surface area contributed by atoms with E-state index in [1.54, 1.807) is 16.8 Å². The third-order valence-electron chi connectivity index (χ3n) is 8.46. The zero-order chi connectivity index (χ0) is 23.1. The number of fused-ring (bicyclic) bond motifs is 1. The fourth-order valence-corrected chi connectivity index (χ4v) is 7.74. The fraction of sp³-hybridized carbons (Fsp3) is 0.538. The molecule has 0 spiro atoms. The third-order valence-corrected chi connectivity index (χ3v) is 8.46. The molecule has 2 heterocycles. The molecular formula is C26H29N3O4. The summed E-state index contributed by atoms with van der Waals surface area (Å²) in [5.41, 5.74) is 1.83. The molecule has 5 aliphatic rings. The predicted molar refractivity (Wildman–Crippen MR) is 121 cm³/mol. The van der Waals surface area contributed by atoms with Gasteiger partial charge in [0.2, 0.25) is 0 Å². The van der Waals surface area contributed by atoms with Gasteiger partial charge in [0.05, 0.1) is 18.3 Å². The van der Waals surface area contributed by atoms with Crippen LogP contribution in [0.5, 0.6) is 0 Å². The number of anilines is 1. The van der Waals surface area contributed by atoms with E-state index in [0.717, 1.165) is 31.2 Å². The number of esters is 1. The van der Waals surface area contributed by atoms with Crippen LogP contribution in [-0.4, -0.2) is 34.7 Å². The van der Waals surface area contributed by atoms with Gasteiger partial charge in [-0.25, -0.2) is 9.69 Å². The van der Waals surface area contributed by atoms with Gasteiger partial charge in [-0.2, -0.15) is 5.10 Å². The summed E-state index contributed by atoms with van der Waals surface area (Å²) >= 11 is 0. The molecule has 7 rings (SSSR count). The molecule has 1 aromatic heterocycles. The van der Waals surface area contributed by atoms with Crippen LogP contribution in [0.2, 0.25) is 0 Å². The number of aromatic nitrogens is 2. The number of amides is 2. The largest absolute Gasteiger partial charge is 0.464 e. The van der Waals surface area contributed by atoms with Crippen LogP contribution >= 0.6 is 0 Å². The maximum absolute atomic E-state index is 13.8. The van der Waals surface area contributed by atoms with E-state index in [1.807, 2.05) is 12.1 Å².